The van der Waals surface area contributed by atoms with E-state index in [1.807, 2.05) is 18.2 Å². The maximum Gasteiger partial charge on any atom is 0.162 e. The summed E-state index contributed by atoms with van der Waals surface area (Å²) < 4.78 is 10.8. The molecule has 0 spiro atoms. The highest BCUT2D eigenvalue weighted by Crippen LogP contribution is 2.24. The van der Waals surface area contributed by atoms with Crippen molar-refractivity contribution in [1.82, 2.24) is 0 Å². The lowest BCUT2D eigenvalue weighted by Gasteiger charge is -2.19. The summed E-state index contributed by atoms with van der Waals surface area (Å²) in [6.07, 6.45) is 6.78. The molecule has 0 N–H and O–H groups in total. The monoisotopic (exact) mass is 182 g/mol. The zero-order valence-electron chi connectivity index (χ0n) is 6.62. The Bertz CT molecular complexity index is 276. The van der Waals surface area contributed by atoms with Gasteiger partial charge in [-0.05, 0) is 18.6 Å². The number of hydrogen-bond acceptors (Lipinski definition) is 3. The van der Waals surface area contributed by atoms with Crippen LogP contribution in [0.5, 0.6) is 0 Å². The minimum atomic E-state index is 0.629. The average molecular weight is 182 g/mol. The summed E-state index contributed by atoms with van der Waals surface area (Å²) in [5, 5.41) is 0. The van der Waals surface area contributed by atoms with E-state index in [2.05, 4.69) is 12.6 Å². The van der Waals surface area contributed by atoms with Gasteiger partial charge in [0, 0.05) is 4.91 Å². The molecule has 0 amide bonds. The van der Waals surface area contributed by atoms with Gasteiger partial charge in [-0.3, -0.25) is 0 Å². The van der Waals surface area contributed by atoms with Gasteiger partial charge in [-0.15, -0.1) is 12.6 Å². The van der Waals surface area contributed by atoms with E-state index in [0.717, 1.165) is 22.8 Å². The highest BCUT2D eigenvalue weighted by Gasteiger charge is 2.14. The van der Waals surface area contributed by atoms with Gasteiger partial charge in [0.1, 0.15) is 13.2 Å². The molecule has 0 atom stereocenters. The summed E-state index contributed by atoms with van der Waals surface area (Å²) in [4.78, 5) is 0.932. The fraction of sp³-hybridized carbons (Fsp3) is 0.333. The van der Waals surface area contributed by atoms with E-state index in [9.17, 15) is 0 Å². The number of hydrogen-bond donors (Lipinski definition) is 1. The maximum absolute atomic E-state index is 5.41. The summed E-state index contributed by atoms with van der Waals surface area (Å²) in [6, 6.07) is 0. The SMILES string of the molecule is SC1=CCC=C2OCCOC2=C1. The molecule has 64 valence electrons. The van der Waals surface area contributed by atoms with Crippen LogP contribution in [-0.4, -0.2) is 13.2 Å². The Morgan fingerprint density at radius 2 is 1.83 bits per heavy atom. The molecule has 0 unspecified atom stereocenters. The summed E-state index contributed by atoms with van der Waals surface area (Å²) in [7, 11) is 0. The van der Waals surface area contributed by atoms with Crippen molar-refractivity contribution in [3.63, 3.8) is 0 Å². The third-order valence-electron chi connectivity index (χ3n) is 1.75. The first kappa shape index (κ1) is 7.80. The third kappa shape index (κ3) is 1.50. The van der Waals surface area contributed by atoms with Gasteiger partial charge >= 0.3 is 0 Å². The standard InChI is InChI=1S/C9H10O2S/c12-7-2-1-3-8-9(6-7)11-5-4-10-8/h2-3,6,12H,1,4-5H2. The molecule has 0 aromatic carbocycles. The van der Waals surface area contributed by atoms with Crippen molar-refractivity contribution in [1.29, 1.82) is 0 Å². The van der Waals surface area contributed by atoms with E-state index in [-0.39, 0.29) is 0 Å². The number of allylic oxidation sites excluding steroid dienone is 3. The topological polar surface area (TPSA) is 18.5 Å². The van der Waals surface area contributed by atoms with Crippen molar-refractivity contribution in [2.45, 2.75) is 6.42 Å². The quantitative estimate of drug-likeness (QED) is 0.578. The van der Waals surface area contributed by atoms with Gasteiger partial charge in [0.25, 0.3) is 0 Å². The molecule has 0 radical (unpaired) electrons. The van der Waals surface area contributed by atoms with E-state index >= 15 is 0 Å². The summed E-state index contributed by atoms with van der Waals surface area (Å²) in [5.41, 5.74) is 0. The van der Waals surface area contributed by atoms with Crippen LogP contribution in [0.25, 0.3) is 0 Å². The van der Waals surface area contributed by atoms with Crippen LogP contribution < -0.4 is 0 Å². The number of thiol groups is 1. The second kappa shape index (κ2) is 3.27. The van der Waals surface area contributed by atoms with Crippen molar-refractivity contribution in [2.75, 3.05) is 13.2 Å². The lowest BCUT2D eigenvalue weighted by atomic mass is 10.3. The number of rotatable bonds is 0. The molecule has 0 aromatic rings. The first-order valence-electron chi connectivity index (χ1n) is 3.93. The second-order valence-corrected chi connectivity index (χ2v) is 3.15. The fourth-order valence-electron chi connectivity index (χ4n) is 1.20. The van der Waals surface area contributed by atoms with Gasteiger partial charge in [-0.2, -0.15) is 0 Å². The molecule has 0 saturated carbocycles. The Kier molecular flexibility index (Phi) is 2.13. The number of ether oxygens (including phenoxy) is 2. The van der Waals surface area contributed by atoms with E-state index < -0.39 is 0 Å². The largest absolute Gasteiger partial charge is 0.486 e. The number of fused-ring (bicyclic) bond motifs is 1. The molecule has 2 aliphatic rings. The van der Waals surface area contributed by atoms with Gasteiger partial charge in [0.05, 0.1) is 0 Å². The molecule has 1 fully saturated rings. The van der Waals surface area contributed by atoms with Crippen LogP contribution in [0.15, 0.2) is 34.7 Å². The first-order chi connectivity index (χ1) is 5.86. The molecule has 0 aromatic heterocycles. The Labute approximate surface area is 77.0 Å². The maximum atomic E-state index is 5.41. The van der Waals surface area contributed by atoms with Crippen LogP contribution in [0.2, 0.25) is 0 Å². The molecule has 2 rings (SSSR count). The molecule has 12 heavy (non-hydrogen) atoms. The molecule has 2 nitrogen and oxygen atoms in total. The molecule has 0 bridgehead atoms. The van der Waals surface area contributed by atoms with Gasteiger partial charge < -0.3 is 9.47 Å². The van der Waals surface area contributed by atoms with Crippen molar-refractivity contribution >= 4 is 12.6 Å². The molecule has 3 heteroatoms. The van der Waals surface area contributed by atoms with Gasteiger partial charge in [-0.1, -0.05) is 6.08 Å². The molecular formula is C9H10O2S. The predicted molar refractivity (Wildman–Crippen MR) is 49.8 cm³/mol. The van der Waals surface area contributed by atoms with Crippen molar-refractivity contribution < 1.29 is 9.47 Å². The van der Waals surface area contributed by atoms with E-state index in [4.69, 9.17) is 9.47 Å². The summed E-state index contributed by atoms with van der Waals surface area (Å²) in [5.74, 6) is 1.65. The van der Waals surface area contributed by atoms with Crippen LogP contribution in [0.1, 0.15) is 6.42 Å². The van der Waals surface area contributed by atoms with Crippen LogP contribution >= 0.6 is 12.6 Å². The zero-order chi connectivity index (χ0) is 8.39. The van der Waals surface area contributed by atoms with Crippen LogP contribution in [0.4, 0.5) is 0 Å². The average Bonchev–Trinajstić information content (AvgIpc) is 2.25. The Morgan fingerprint density at radius 3 is 2.67 bits per heavy atom. The van der Waals surface area contributed by atoms with Crippen molar-refractivity contribution in [3.05, 3.63) is 34.7 Å². The minimum Gasteiger partial charge on any atom is -0.486 e. The lowest BCUT2D eigenvalue weighted by molar-refractivity contribution is 0.0594. The highest BCUT2D eigenvalue weighted by molar-refractivity contribution is 7.84. The Morgan fingerprint density at radius 1 is 1.08 bits per heavy atom. The lowest BCUT2D eigenvalue weighted by Crippen LogP contribution is -2.13. The van der Waals surface area contributed by atoms with E-state index in [0.29, 0.717) is 13.2 Å². The molecule has 1 aliphatic heterocycles. The molecular weight excluding hydrogens is 172 g/mol. The van der Waals surface area contributed by atoms with Gasteiger partial charge in [0.15, 0.2) is 11.5 Å². The fourth-order valence-corrected chi connectivity index (χ4v) is 1.42. The summed E-state index contributed by atoms with van der Waals surface area (Å²) >= 11 is 4.26. The smallest absolute Gasteiger partial charge is 0.162 e. The van der Waals surface area contributed by atoms with Crippen LogP contribution in [0.3, 0.4) is 0 Å². The van der Waals surface area contributed by atoms with Crippen molar-refractivity contribution in [3.8, 4) is 0 Å². The third-order valence-corrected chi connectivity index (χ3v) is 2.06. The highest BCUT2D eigenvalue weighted by atomic mass is 32.1. The second-order valence-electron chi connectivity index (χ2n) is 2.64. The first-order valence-corrected chi connectivity index (χ1v) is 4.38. The van der Waals surface area contributed by atoms with Crippen LogP contribution in [0, 0.1) is 0 Å². The van der Waals surface area contributed by atoms with Gasteiger partial charge in [-0.25, -0.2) is 0 Å². The van der Waals surface area contributed by atoms with Crippen LogP contribution in [-0.2, 0) is 9.47 Å². The predicted octanol–water partition coefficient (Wildman–Crippen LogP) is 2.02. The van der Waals surface area contributed by atoms with E-state index in [1.165, 1.54) is 0 Å². The van der Waals surface area contributed by atoms with E-state index in [1.54, 1.807) is 0 Å². The molecule has 1 saturated heterocycles. The normalized spacial score (nSPS) is 21.9. The Balaban J connectivity index is 2.29. The zero-order valence-corrected chi connectivity index (χ0v) is 7.51. The Hall–Kier alpha value is -0.830. The molecule has 1 heterocycles. The van der Waals surface area contributed by atoms with Crippen molar-refractivity contribution in [2.24, 2.45) is 0 Å². The summed E-state index contributed by atoms with van der Waals surface area (Å²) in [6.45, 7) is 1.27. The molecule has 1 aliphatic carbocycles. The van der Waals surface area contributed by atoms with Gasteiger partial charge in [0.2, 0.25) is 0 Å². The minimum absolute atomic E-state index is 0.629.